The second kappa shape index (κ2) is 8.96. The van der Waals surface area contributed by atoms with Crippen molar-refractivity contribution < 1.29 is 35.1 Å². The van der Waals surface area contributed by atoms with Crippen LogP contribution in [0.2, 0.25) is 0 Å². The summed E-state index contributed by atoms with van der Waals surface area (Å²) in [5.41, 5.74) is 1.11. The van der Waals surface area contributed by atoms with E-state index < -0.39 is 23.7 Å². The molecule has 1 heterocycles. The van der Waals surface area contributed by atoms with Crippen molar-refractivity contribution >= 4 is 11.9 Å². The Hall–Kier alpha value is -3.45. The Morgan fingerprint density at radius 3 is 2.47 bits per heavy atom. The molecule has 0 fully saturated rings. The second-order valence-corrected chi connectivity index (χ2v) is 8.44. The number of ether oxygens (including phenoxy) is 1. The number of ketones is 1. The zero-order valence-electron chi connectivity index (χ0n) is 18.3. The first-order valence-electron chi connectivity index (χ1n) is 10.3. The van der Waals surface area contributed by atoms with Crippen LogP contribution in [-0.2, 0) is 6.42 Å². The second-order valence-electron chi connectivity index (χ2n) is 8.44. The number of aliphatic hydroxyl groups excluding tert-OH is 1. The van der Waals surface area contributed by atoms with Gasteiger partial charge >= 0.3 is 0 Å². The van der Waals surface area contributed by atoms with Crippen LogP contribution in [0, 0.1) is 5.92 Å². The van der Waals surface area contributed by atoms with Gasteiger partial charge in [-0.15, -0.1) is 0 Å². The van der Waals surface area contributed by atoms with Gasteiger partial charge in [0.05, 0.1) is 18.1 Å². The molecule has 7 nitrogen and oxygen atoms in total. The number of rotatable bonds is 6. The maximum absolute atomic E-state index is 13.1. The maximum atomic E-state index is 13.1. The third kappa shape index (κ3) is 4.43. The smallest absolute Gasteiger partial charge is 0.174 e. The minimum absolute atomic E-state index is 0.0271. The summed E-state index contributed by atoms with van der Waals surface area (Å²) in [7, 11) is 0. The van der Waals surface area contributed by atoms with Crippen LogP contribution in [0.4, 0.5) is 0 Å². The van der Waals surface area contributed by atoms with Crippen molar-refractivity contribution in [3.05, 3.63) is 58.7 Å². The third-order valence-corrected chi connectivity index (χ3v) is 5.43. The number of allylic oxidation sites excluding steroid dienone is 1. The Kier molecular flexibility index (Phi) is 6.50. The zero-order chi connectivity index (χ0) is 23.7. The molecule has 0 aromatic heterocycles. The highest BCUT2D eigenvalue weighted by molar-refractivity contribution is 6.04. The van der Waals surface area contributed by atoms with E-state index in [-0.39, 0.29) is 58.4 Å². The lowest BCUT2D eigenvalue weighted by Crippen LogP contribution is -2.22. The number of fused-ring (bicyclic) bond motifs is 1. The quantitative estimate of drug-likeness (QED) is 0.333. The van der Waals surface area contributed by atoms with Gasteiger partial charge in [-0.3, -0.25) is 4.79 Å². The predicted octanol–water partition coefficient (Wildman–Crippen LogP) is 4.36. The molecule has 32 heavy (non-hydrogen) atoms. The summed E-state index contributed by atoms with van der Waals surface area (Å²) < 4.78 is 6.05. The molecule has 170 valence electrons. The largest absolute Gasteiger partial charge is 0.507 e. The zero-order valence-corrected chi connectivity index (χ0v) is 18.3. The van der Waals surface area contributed by atoms with E-state index in [0.29, 0.717) is 11.1 Å². The van der Waals surface area contributed by atoms with E-state index in [1.54, 1.807) is 13.0 Å². The highest BCUT2D eigenvalue weighted by atomic mass is 16.5. The van der Waals surface area contributed by atoms with Gasteiger partial charge in [-0.2, -0.15) is 0 Å². The molecule has 0 spiro atoms. The standard InChI is InChI=1S/C25H28O7/c1-12(2)5-7-15-23(30)16(10-18(27)13(3)4)24(31)22-20(29)11-21(32-25(15)22)14-6-8-17(26)19(28)9-14/h5-9,12,18,21,26-28,30-31H,3,10-11H2,1-2,4H3/b7-5+/t18?,21-/m0/s1. The molecule has 3 rings (SSSR count). The topological polar surface area (TPSA) is 127 Å². The Balaban J connectivity index is 2.17. The summed E-state index contributed by atoms with van der Waals surface area (Å²) in [5, 5.41) is 51.5. The highest BCUT2D eigenvalue weighted by Gasteiger charge is 2.36. The van der Waals surface area contributed by atoms with E-state index in [0.717, 1.165) is 0 Å². The molecule has 1 aliphatic rings. The van der Waals surface area contributed by atoms with Gasteiger partial charge in [-0.05, 0) is 30.5 Å². The summed E-state index contributed by atoms with van der Waals surface area (Å²) in [4.78, 5) is 13.1. The third-order valence-electron chi connectivity index (χ3n) is 5.43. The lowest BCUT2D eigenvalue weighted by molar-refractivity contribution is 0.0842. The SMILES string of the molecule is C=C(C)C(O)Cc1c(O)c(/C=C/C(C)C)c2c(c1O)C(=O)C[C@@H](c1ccc(O)c(O)c1)O2. The van der Waals surface area contributed by atoms with Gasteiger partial charge in [0.2, 0.25) is 0 Å². The minimum Gasteiger partial charge on any atom is -0.507 e. The molecule has 0 saturated heterocycles. The molecule has 2 aromatic rings. The molecule has 0 bridgehead atoms. The maximum Gasteiger partial charge on any atom is 0.174 e. The van der Waals surface area contributed by atoms with Crippen molar-refractivity contribution in [3.63, 3.8) is 0 Å². The van der Waals surface area contributed by atoms with Crippen LogP contribution in [0.15, 0.2) is 36.4 Å². The van der Waals surface area contributed by atoms with Crippen LogP contribution in [0.3, 0.4) is 0 Å². The van der Waals surface area contributed by atoms with E-state index in [1.165, 1.54) is 18.2 Å². The highest BCUT2D eigenvalue weighted by Crippen LogP contribution is 2.49. The molecular formula is C25H28O7. The van der Waals surface area contributed by atoms with E-state index in [4.69, 9.17) is 4.74 Å². The van der Waals surface area contributed by atoms with Gasteiger partial charge in [0, 0.05) is 12.0 Å². The van der Waals surface area contributed by atoms with Crippen LogP contribution >= 0.6 is 0 Å². The minimum atomic E-state index is -1.01. The number of hydrogen-bond donors (Lipinski definition) is 5. The molecule has 5 N–H and O–H groups in total. The van der Waals surface area contributed by atoms with Crippen LogP contribution in [0.25, 0.3) is 6.08 Å². The van der Waals surface area contributed by atoms with Crippen molar-refractivity contribution in [2.24, 2.45) is 5.92 Å². The average molecular weight is 440 g/mol. The van der Waals surface area contributed by atoms with Gasteiger partial charge in [0.25, 0.3) is 0 Å². The number of benzene rings is 2. The van der Waals surface area contributed by atoms with Crippen molar-refractivity contribution in [2.45, 2.75) is 45.8 Å². The number of aliphatic hydroxyl groups is 1. The fraction of sp³-hybridized carbons (Fsp3) is 0.320. The van der Waals surface area contributed by atoms with Crippen molar-refractivity contribution in [2.75, 3.05) is 0 Å². The van der Waals surface area contributed by atoms with E-state index >= 15 is 0 Å². The summed E-state index contributed by atoms with van der Waals surface area (Å²) in [6, 6.07) is 4.13. The lowest BCUT2D eigenvalue weighted by Gasteiger charge is -2.29. The van der Waals surface area contributed by atoms with Gasteiger partial charge in [-0.1, -0.05) is 44.2 Å². The molecule has 0 radical (unpaired) electrons. The summed E-state index contributed by atoms with van der Waals surface area (Å²) in [6.45, 7) is 9.21. The lowest BCUT2D eigenvalue weighted by atomic mass is 9.88. The number of carbonyl (C=O) groups is 1. The Morgan fingerprint density at radius 2 is 1.88 bits per heavy atom. The van der Waals surface area contributed by atoms with Gasteiger partial charge < -0.3 is 30.3 Å². The first kappa shape index (κ1) is 23.2. The van der Waals surface area contributed by atoms with Crippen LogP contribution < -0.4 is 4.74 Å². The Morgan fingerprint density at radius 1 is 1.19 bits per heavy atom. The van der Waals surface area contributed by atoms with Crippen LogP contribution in [-0.4, -0.2) is 37.4 Å². The average Bonchev–Trinajstić information content (AvgIpc) is 2.71. The number of Topliss-reactive ketones (excluding diaryl/α,β-unsaturated/α-hetero) is 1. The van der Waals surface area contributed by atoms with Crippen molar-refractivity contribution in [1.29, 1.82) is 0 Å². The van der Waals surface area contributed by atoms with Gasteiger partial charge in [0.15, 0.2) is 17.3 Å². The first-order valence-corrected chi connectivity index (χ1v) is 10.3. The molecule has 2 aromatic carbocycles. The van der Waals surface area contributed by atoms with Gasteiger partial charge in [-0.25, -0.2) is 0 Å². The molecule has 7 heteroatoms. The van der Waals surface area contributed by atoms with Gasteiger partial charge in [0.1, 0.15) is 28.9 Å². The van der Waals surface area contributed by atoms with E-state index in [1.807, 2.05) is 19.9 Å². The Bertz CT molecular complexity index is 1100. The molecule has 1 unspecified atom stereocenters. The molecule has 0 aliphatic carbocycles. The normalized spacial score (nSPS) is 16.8. The Labute approximate surface area is 186 Å². The monoisotopic (exact) mass is 440 g/mol. The molecule has 0 saturated carbocycles. The fourth-order valence-electron chi connectivity index (χ4n) is 3.54. The molecular weight excluding hydrogens is 412 g/mol. The van der Waals surface area contributed by atoms with Crippen molar-refractivity contribution in [3.8, 4) is 28.7 Å². The first-order chi connectivity index (χ1) is 15.0. The molecule has 0 amide bonds. The summed E-state index contributed by atoms with van der Waals surface area (Å²) in [5.74, 6) is -1.62. The van der Waals surface area contributed by atoms with Crippen molar-refractivity contribution in [1.82, 2.24) is 0 Å². The predicted molar refractivity (Wildman–Crippen MR) is 120 cm³/mol. The molecule has 2 atom stereocenters. The number of aromatic hydroxyl groups is 4. The fourth-order valence-corrected chi connectivity index (χ4v) is 3.54. The van der Waals surface area contributed by atoms with E-state index in [2.05, 4.69) is 6.58 Å². The van der Waals surface area contributed by atoms with Crippen LogP contribution in [0.5, 0.6) is 28.7 Å². The number of carbonyl (C=O) groups excluding carboxylic acids is 1. The van der Waals surface area contributed by atoms with Crippen LogP contribution in [0.1, 0.15) is 60.3 Å². The summed E-state index contributed by atoms with van der Waals surface area (Å²) in [6.07, 6.45) is 1.39. The van der Waals surface area contributed by atoms with E-state index in [9.17, 15) is 30.3 Å². The number of phenols is 4. The number of hydrogen-bond acceptors (Lipinski definition) is 7. The summed E-state index contributed by atoms with van der Waals surface area (Å²) >= 11 is 0. The number of phenolic OH excluding ortho intramolecular Hbond substituents is 4. The molecule has 1 aliphatic heterocycles.